The molecular formula is C33H33F3N2O2. The van der Waals surface area contributed by atoms with Gasteiger partial charge in [-0.3, -0.25) is 0 Å². The molecule has 0 fully saturated rings. The molecule has 208 valence electrons. The summed E-state index contributed by atoms with van der Waals surface area (Å²) in [6.45, 7) is 7.01. The Hall–Kier alpha value is -4.26. The first-order valence-corrected chi connectivity index (χ1v) is 13.4. The molecule has 0 unspecified atom stereocenters. The third-order valence-corrected chi connectivity index (χ3v) is 6.33. The van der Waals surface area contributed by atoms with Gasteiger partial charge in [0.15, 0.2) is 0 Å². The van der Waals surface area contributed by atoms with Crippen molar-refractivity contribution in [3.63, 3.8) is 0 Å². The van der Waals surface area contributed by atoms with E-state index in [1.807, 2.05) is 92.5 Å². The monoisotopic (exact) mass is 546 g/mol. The lowest BCUT2D eigenvalue weighted by atomic mass is 10.0. The van der Waals surface area contributed by atoms with Gasteiger partial charge in [-0.2, -0.15) is 13.2 Å². The average molecular weight is 547 g/mol. The lowest BCUT2D eigenvalue weighted by molar-refractivity contribution is -0.137. The van der Waals surface area contributed by atoms with Crippen molar-refractivity contribution < 1.29 is 22.3 Å². The molecule has 0 saturated carbocycles. The number of hydrogen-bond donors (Lipinski definition) is 0. The summed E-state index contributed by atoms with van der Waals surface area (Å²) in [6.07, 6.45) is 3.05. The normalized spacial score (nSPS) is 12.9. The molecule has 0 N–H and O–H groups in total. The van der Waals surface area contributed by atoms with E-state index < -0.39 is 11.7 Å². The summed E-state index contributed by atoms with van der Waals surface area (Å²) in [7, 11) is 0. The molecule has 1 aliphatic heterocycles. The van der Waals surface area contributed by atoms with Crippen molar-refractivity contribution in [3.8, 4) is 17.2 Å². The minimum atomic E-state index is -4.34. The Morgan fingerprint density at radius 1 is 0.925 bits per heavy atom. The third kappa shape index (κ3) is 7.44. The number of anilines is 1. The quantitative estimate of drug-likeness (QED) is 0.221. The van der Waals surface area contributed by atoms with Gasteiger partial charge in [0.2, 0.25) is 5.89 Å². The van der Waals surface area contributed by atoms with Crippen molar-refractivity contribution in [1.29, 1.82) is 0 Å². The van der Waals surface area contributed by atoms with Crippen LogP contribution < -0.4 is 9.64 Å². The number of aryl methyl sites for hydroxylation is 1. The maximum atomic E-state index is 12.9. The van der Waals surface area contributed by atoms with Crippen molar-refractivity contribution in [3.05, 3.63) is 125 Å². The van der Waals surface area contributed by atoms with Gasteiger partial charge >= 0.3 is 6.18 Å². The standard InChI is InChI=1S/C31H27F3N2O2.C2H6/c1-22-29(35-30(38-22)25-7-3-2-4-8-25)17-19-37-28-15-9-23(10-16-28)20-24-6-5-18-36(21-24)27-13-11-26(12-14-27)31(32,33)34;1-2/h2-16,21H,17-20H2,1H3;1-2H3. The van der Waals surface area contributed by atoms with Crippen LogP contribution in [0.5, 0.6) is 5.75 Å². The maximum Gasteiger partial charge on any atom is 0.416 e. The predicted molar refractivity (Wildman–Crippen MR) is 153 cm³/mol. The van der Waals surface area contributed by atoms with Crippen molar-refractivity contribution in [2.45, 2.75) is 39.8 Å². The van der Waals surface area contributed by atoms with Gasteiger partial charge in [-0.05, 0) is 73.0 Å². The summed E-state index contributed by atoms with van der Waals surface area (Å²) in [5, 5.41) is 0. The fourth-order valence-corrected chi connectivity index (χ4v) is 4.31. The lowest BCUT2D eigenvalue weighted by Crippen LogP contribution is -2.20. The van der Waals surface area contributed by atoms with Crippen LogP contribution in [0, 0.1) is 6.92 Å². The van der Waals surface area contributed by atoms with Gasteiger partial charge in [0.05, 0.1) is 17.9 Å². The molecule has 0 bridgehead atoms. The SMILES string of the molecule is CC.Cc1oc(-c2ccccc2)nc1CCOc1ccc(CC2=CN(c3ccc(C(F)(F)F)cc3)CC=C2)cc1. The number of alkyl halides is 3. The van der Waals surface area contributed by atoms with Gasteiger partial charge in [0, 0.05) is 30.4 Å². The van der Waals surface area contributed by atoms with E-state index >= 15 is 0 Å². The van der Waals surface area contributed by atoms with Crippen LogP contribution in [-0.4, -0.2) is 18.1 Å². The van der Waals surface area contributed by atoms with E-state index in [2.05, 4.69) is 11.1 Å². The van der Waals surface area contributed by atoms with Crippen LogP contribution in [0.4, 0.5) is 18.9 Å². The van der Waals surface area contributed by atoms with E-state index in [0.717, 1.165) is 51.7 Å². The van der Waals surface area contributed by atoms with Gasteiger partial charge in [0.25, 0.3) is 0 Å². The molecule has 0 atom stereocenters. The van der Waals surface area contributed by atoms with E-state index in [-0.39, 0.29) is 0 Å². The van der Waals surface area contributed by atoms with Crippen LogP contribution in [0.15, 0.2) is 107 Å². The molecule has 1 aliphatic rings. The summed E-state index contributed by atoms with van der Waals surface area (Å²) in [5.74, 6) is 2.19. The van der Waals surface area contributed by atoms with Gasteiger partial charge in [-0.25, -0.2) is 4.98 Å². The highest BCUT2D eigenvalue weighted by Gasteiger charge is 2.30. The zero-order valence-electron chi connectivity index (χ0n) is 22.9. The molecule has 40 heavy (non-hydrogen) atoms. The molecule has 4 nitrogen and oxygen atoms in total. The largest absolute Gasteiger partial charge is 0.493 e. The van der Waals surface area contributed by atoms with Crippen LogP contribution in [0.25, 0.3) is 11.5 Å². The van der Waals surface area contributed by atoms with Gasteiger partial charge in [-0.15, -0.1) is 0 Å². The number of ether oxygens (including phenoxy) is 1. The molecule has 5 rings (SSSR count). The molecule has 3 aromatic carbocycles. The predicted octanol–water partition coefficient (Wildman–Crippen LogP) is 8.82. The second-order valence-electron chi connectivity index (χ2n) is 9.11. The number of aromatic nitrogens is 1. The molecule has 1 aromatic heterocycles. The Balaban J connectivity index is 0.00000181. The summed E-state index contributed by atoms with van der Waals surface area (Å²) in [4.78, 5) is 6.57. The van der Waals surface area contributed by atoms with E-state index in [4.69, 9.17) is 9.15 Å². The Kier molecular flexibility index (Phi) is 9.48. The van der Waals surface area contributed by atoms with Crippen molar-refractivity contribution in [1.82, 2.24) is 4.98 Å². The minimum absolute atomic E-state index is 0.483. The van der Waals surface area contributed by atoms with E-state index in [1.54, 1.807) is 0 Å². The number of benzene rings is 3. The first kappa shape index (κ1) is 28.7. The van der Waals surface area contributed by atoms with Crippen LogP contribution in [0.1, 0.15) is 36.4 Å². The third-order valence-electron chi connectivity index (χ3n) is 6.33. The Bertz CT molecular complexity index is 1420. The smallest absolute Gasteiger partial charge is 0.416 e. The Morgan fingerprint density at radius 2 is 1.62 bits per heavy atom. The molecule has 2 heterocycles. The topological polar surface area (TPSA) is 38.5 Å². The zero-order chi connectivity index (χ0) is 28.5. The fourth-order valence-electron chi connectivity index (χ4n) is 4.31. The second kappa shape index (κ2) is 13.2. The molecule has 0 saturated heterocycles. The molecular weight excluding hydrogens is 513 g/mol. The van der Waals surface area contributed by atoms with Crippen molar-refractivity contribution >= 4 is 5.69 Å². The second-order valence-corrected chi connectivity index (χ2v) is 9.11. The van der Waals surface area contributed by atoms with E-state index in [1.165, 1.54) is 12.1 Å². The highest BCUT2D eigenvalue weighted by atomic mass is 19.4. The Labute approximate surface area is 233 Å². The number of hydrogen-bond acceptors (Lipinski definition) is 4. The Morgan fingerprint density at radius 3 is 2.30 bits per heavy atom. The number of halogens is 3. The molecule has 0 aliphatic carbocycles. The highest BCUT2D eigenvalue weighted by Crippen LogP contribution is 2.31. The number of rotatable bonds is 8. The van der Waals surface area contributed by atoms with Crippen LogP contribution in [-0.2, 0) is 19.0 Å². The molecule has 0 spiro atoms. The van der Waals surface area contributed by atoms with E-state index in [0.29, 0.717) is 31.9 Å². The van der Waals surface area contributed by atoms with Crippen molar-refractivity contribution in [2.24, 2.45) is 0 Å². The molecule has 7 heteroatoms. The minimum Gasteiger partial charge on any atom is -0.493 e. The van der Waals surface area contributed by atoms with Crippen LogP contribution in [0.2, 0.25) is 0 Å². The number of nitrogens with zero attached hydrogens (tertiary/aromatic N) is 2. The first-order chi connectivity index (χ1) is 19.3. The summed E-state index contributed by atoms with van der Waals surface area (Å²) in [5.41, 5.74) is 4.09. The van der Waals surface area contributed by atoms with E-state index in [9.17, 15) is 13.2 Å². The summed E-state index contributed by atoms with van der Waals surface area (Å²) in [6, 6.07) is 23.0. The van der Waals surface area contributed by atoms with Crippen LogP contribution in [0.3, 0.4) is 0 Å². The number of oxazole rings is 1. The van der Waals surface area contributed by atoms with Gasteiger partial charge in [-0.1, -0.05) is 56.3 Å². The van der Waals surface area contributed by atoms with Gasteiger partial charge < -0.3 is 14.1 Å². The van der Waals surface area contributed by atoms with Crippen molar-refractivity contribution in [2.75, 3.05) is 18.1 Å². The first-order valence-electron chi connectivity index (χ1n) is 13.4. The average Bonchev–Trinajstić information content (AvgIpc) is 3.35. The summed E-state index contributed by atoms with van der Waals surface area (Å²) >= 11 is 0. The lowest BCUT2D eigenvalue weighted by Gasteiger charge is -2.24. The molecule has 0 amide bonds. The van der Waals surface area contributed by atoms with Gasteiger partial charge in [0.1, 0.15) is 11.5 Å². The summed E-state index contributed by atoms with van der Waals surface area (Å²) < 4.78 is 50.3. The maximum absolute atomic E-state index is 12.9. The number of allylic oxidation sites excluding steroid dienone is 2. The molecule has 4 aromatic rings. The fraction of sp³-hybridized carbons (Fsp3) is 0.242. The van der Waals surface area contributed by atoms with Crippen LogP contribution >= 0.6 is 0 Å². The highest BCUT2D eigenvalue weighted by molar-refractivity contribution is 5.55. The zero-order valence-corrected chi connectivity index (χ0v) is 22.9. The molecule has 0 radical (unpaired) electrons.